The summed E-state index contributed by atoms with van der Waals surface area (Å²) in [5, 5.41) is 12.4. The molecule has 4 nitrogen and oxygen atoms in total. The Morgan fingerprint density at radius 2 is 1.86 bits per heavy atom. The Morgan fingerprint density at radius 1 is 1.19 bits per heavy atom. The van der Waals surface area contributed by atoms with Gasteiger partial charge in [0.2, 0.25) is 0 Å². The molecule has 0 aliphatic rings. The molecule has 2 N–H and O–H groups in total. The maximum atomic E-state index is 12.0. The molecule has 0 bridgehead atoms. The molecule has 21 heavy (non-hydrogen) atoms. The molecule has 0 aliphatic carbocycles. The molecule has 0 aromatic heterocycles. The molecule has 1 amide bonds. The summed E-state index contributed by atoms with van der Waals surface area (Å²) in [6, 6.07) is 9.45. The topological polar surface area (TPSA) is 58.6 Å². The highest BCUT2D eigenvalue weighted by atomic mass is 35.5. The minimum Gasteiger partial charge on any atom is -0.507 e. The Hall–Kier alpha value is -2.34. The van der Waals surface area contributed by atoms with Crippen LogP contribution in [0.15, 0.2) is 42.5 Å². The van der Waals surface area contributed by atoms with Gasteiger partial charge in [0, 0.05) is 10.7 Å². The largest absolute Gasteiger partial charge is 0.507 e. The van der Waals surface area contributed by atoms with E-state index in [1.165, 1.54) is 42.5 Å². The molecule has 0 atom stereocenters. The fraction of sp³-hybridized carbons (Fsp3) is 0.0714. The third kappa shape index (κ3) is 4.06. The van der Waals surface area contributed by atoms with Crippen LogP contribution in [0.2, 0.25) is 5.02 Å². The van der Waals surface area contributed by atoms with Gasteiger partial charge in [-0.25, -0.2) is 0 Å². The Morgan fingerprint density at radius 3 is 2.48 bits per heavy atom. The summed E-state index contributed by atoms with van der Waals surface area (Å²) in [4.78, 5) is 12.0. The summed E-state index contributed by atoms with van der Waals surface area (Å²) in [7, 11) is 0. The zero-order chi connectivity index (χ0) is 15.4. The average Bonchev–Trinajstić information content (AvgIpc) is 2.43. The summed E-state index contributed by atoms with van der Waals surface area (Å²) in [5.74, 6) is -0.805. The molecule has 0 radical (unpaired) electrons. The number of anilines is 1. The molecular formula is C14H10ClF2NO3. The second-order valence-electron chi connectivity index (χ2n) is 4.02. The number of phenols is 1. The van der Waals surface area contributed by atoms with Crippen LogP contribution in [0.25, 0.3) is 0 Å². The van der Waals surface area contributed by atoms with Gasteiger partial charge in [-0.3, -0.25) is 4.79 Å². The summed E-state index contributed by atoms with van der Waals surface area (Å²) >= 11 is 5.75. The minimum atomic E-state index is -2.91. The van der Waals surface area contributed by atoms with Gasteiger partial charge in [0.05, 0.1) is 5.56 Å². The Balaban J connectivity index is 2.10. The summed E-state index contributed by atoms with van der Waals surface area (Å²) in [5.41, 5.74) is 0.372. The number of carbonyl (C=O) groups is 1. The number of rotatable bonds is 4. The number of amides is 1. The highest BCUT2D eigenvalue weighted by molar-refractivity contribution is 6.31. The van der Waals surface area contributed by atoms with Gasteiger partial charge in [0.1, 0.15) is 11.5 Å². The zero-order valence-electron chi connectivity index (χ0n) is 10.5. The van der Waals surface area contributed by atoms with E-state index in [9.17, 15) is 18.7 Å². The van der Waals surface area contributed by atoms with Crippen LogP contribution >= 0.6 is 11.6 Å². The molecule has 2 aromatic carbocycles. The maximum Gasteiger partial charge on any atom is 0.387 e. The molecular weight excluding hydrogens is 304 g/mol. The van der Waals surface area contributed by atoms with E-state index in [-0.39, 0.29) is 17.1 Å². The van der Waals surface area contributed by atoms with Gasteiger partial charge < -0.3 is 15.2 Å². The Bertz CT molecular complexity index is 647. The lowest BCUT2D eigenvalue weighted by atomic mass is 10.2. The lowest BCUT2D eigenvalue weighted by Gasteiger charge is -2.08. The van der Waals surface area contributed by atoms with Crippen molar-refractivity contribution in [1.82, 2.24) is 0 Å². The van der Waals surface area contributed by atoms with Gasteiger partial charge in [0.15, 0.2) is 0 Å². The van der Waals surface area contributed by atoms with E-state index >= 15 is 0 Å². The summed E-state index contributed by atoms with van der Waals surface area (Å²) in [6.45, 7) is -2.91. The van der Waals surface area contributed by atoms with E-state index in [1.54, 1.807) is 0 Å². The van der Waals surface area contributed by atoms with Crippen molar-refractivity contribution in [2.24, 2.45) is 0 Å². The van der Waals surface area contributed by atoms with E-state index in [0.29, 0.717) is 10.7 Å². The number of carbonyl (C=O) groups excluding carboxylic acids is 1. The molecule has 2 rings (SSSR count). The highest BCUT2D eigenvalue weighted by Crippen LogP contribution is 2.23. The van der Waals surface area contributed by atoms with Crippen molar-refractivity contribution in [2.45, 2.75) is 6.61 Å². The number of benzene rings is 2. The summed E-state index contributed by atoms with van der Waals surface area (Å²) < 4.78 is 28.2. The molecule has 110 valence electrons. The Labute approximate surface area is 123 Å². The van der Waals surface area contributed by atoms with Crippen LogP contribution < -0.4 is 10.1 Å². The first-order chi connectivity index (χ1) is 9.95. The number of alkyl halides is 2. The molecule has 0 aliphatic heterocycles. The van der Waals surface area contributed by atoms with Crippen LogP contribution in [0.4, 0.5) is 14.5 Å². The number of phenolic OH excluding ortho intramolecular Hbond substituents is 1. The van der Waals surface area contributed by atoms with Crippen LogP contribution in [0.3, 0.4) is 0 Å². The zero-order valence-corrected chi connectivity index (χ0v) is 11.3. The third-order valence-corrected chi connectivity index (χ3v) is 2.78. The maximum absolute atomic E-state index is 12.0. The monoisotopic (exact) mass is 313 g/mol. The van der Waals surface area contributed by atoms with Crippen molar-refractivity contribution in [3.05, 3.63) is 53.1 Å². The van der Waals surface area contributed by atoms with E-state index in [0.717, 1.165) is 0 Å². The molecule has 2 aromatic rings. The van der Waals surface area contributed by atoms with Crippen LogP contribution in [-0.4, -0.2) is 17.6 Å². The number of hydrogen-bond acceptors (Lipinski definition) is 3. The standard InChI is InChI=1S/C14H10ClF2NO3/c15-8-1-6-12(19)11(7-8)13(20)18-9-2-4-10(5-3-9)21-14(16)17/h1-7,14,19H,(H,18,20). The lowest BCUT2D eigenvalue weighted by molar-refractivity contribution is -0.0498. The molecule has 0 spiro atoms. The molecule has 0 unspecified atom stereocenters. The molecule has 7 heteroatoms. The predicted octanol–water partition coefficient (Wildman–Crippen LogP) is 3.90. The molecule has 0 saturated carbocycles. The molecule has 0 fully saturated rings. The van der Waals surface area contributed by atoms with E-state index in [4.69, 9.17) is 11.6 Å². The van der Waals surface area contributed by atoms with E-state index in [2.05, 4.69) is 10.1 Å². The SMILES string of the molecule is O=C(Nc1ccc(OC(F)F)cc1)c1cc(Cl)ccc1O. The molecule has 0 saturated heterocycles. The second-order valence-corrected chi connectivity index (χ2v) is 4.45. The van der Waals surface area contributed by atoms with Crippen molar-refractivity contribution < 1.29 is 23.4 Å². The van der Waals surface area contributed by atoms with Crippen molar-refractivity contribution in [3.8, 4) is 11.5 Å². The average molecular weight is 314 g/mol. The lowest BCUT2D eigenvalue weighted by Crippen LogP contribution is -2.12. The highest BCUT2D eigenvalue weighted by Gasteiger charge is 2.12. The molecule has 0 heterocycles. The van der Waals surface area contributed by atoms with Crippen molar-refractivity contribution in [3.63, 3.8) is 0 Å². The van der Waals surface area contributed by atoms with E-state index in [1.807, 2.05) is 0 Å². The minimum absolute atomic E-state index is 0.00964. The predicted molar refractivity (Wildman–Crippen MR) is 74.1 cm³/mol. The van der Waals surface area contributed by atoms with Gasteiger partial charge in [-0.2, -0.15) is 8.78 Å². The fourth-order valence-electron chi connectivity index (χ4n) is 1.61. The van der Waals surface area contributed by atoms with Crippen molar-refractivity contribution >= 4 is 23.2 Å². The number of aromatic hydroxyl groups is 1. The van der Waals surface area contributed by atoms with Crippen molar-refractivity contribution in [1.29, 1.82) is 0 Å². The van der Waals surface area contributed by atoms with Gasteiger partial charge in [0.25, 0.3) is 5.91 Å². The third-order valence-electron chi connectivity index (χ3n) is 2.54. The van der Waals surface area contributed by atoms with Gasteiger partial charge >= 0.3 is 6.61 Å². The summed E-state index contributed by atoms with van der Waals surface area (Å²) in [6.07, 6.45) is 0. The van der Waals surface area contributed by atoms with Gasteiger partial charge in [-0.1, -0.05) is 11.6 Å². The van der Waals surface area contributed by atoms with Crippen LogP contribution in [0.5, 0.6) is 11.5 Å². The first-order valence-electron chi connectivity index (χ1n) is 5.80. The number of nitrogens with one attached hydrogen (secondary N) is 1. The first kappa shape index (κ1) is 15.1. The number of hydrogen-bond donors (Lipinski definition) is 2. The van der Waals surface area contributed by atoms with Gasteiger partial charge in [-0.05, 0) is 42.5 Å². The van der Waals surface area contributed by atoms with Crippen LogP contribution in [0.1, 0.15) is 10.4 Å². The van der Waals surface area contributed by atoms with Crippen molar-refractivity contribution in [2.75, 3.05) is 5.32 Å². The number of ether oxygens (including phenoxy) is 1. The van der Waals surface area contributed by atoms with Gasteiger partial charge in [-0.15, -0.1) is 0 Å². The normalized spacial score (nSPS) is 10.5. The fourth-order valence-corrected chi connectivity index (χ4v) is 1.78. The first-order valence-corrected chi connectivity index (χ1v) is 6.18. The van der Waals surface area contributed by atoms with Crippen LogP contribution in [0, 0.1) is 0 Å². The second kappa shape index (κ2) is 6.41. The van der Waals surface area contributed by atoms with Crippen LogP contribution in [-0.2, 0) is 0 Å². The Kier molecular flexibility index (Phi) is 4.59. The smallest absolute Gasteiger partial charge is 0.387 e. The van der Waals surface area contributed by atoms with E-state index < -0.39 is 12.5 Å². The number of halogens is 3. The quantitative estimate of drug-likeness (QED) is 0.900.